The van der Waals surface area contributed by atoms with Crippen LogP contribution in [-0.2, 0) is 9.53 Å². The molecule has 0 aliphatic heterocycles. The summed E-state index contributed by atoms with van der Waals surface area (Å²) in [5.74, 6) is -0.179. The number of carbonyl (C=O) groups excluding carboxylic acids is 1. The molecular weight excluding hydrogens is 214 g/mol. The van der Waals surface area contributed by atoms with Crippen LogP contribution in [0.4, 0.5) is 0 Å². The topological polar surface area (TPSA) is 38.3 Å². The van der Waals surface area contributed by atoms with E-state index in [1.165, 1.54) is 52.1 Å². The Kier molecular flexibility index (Phi) is 6.56. The van der Waals surface area contributed by atoms with Gasteiger partial charge in [-0.25, -0.2) is 0 Å². The fourth-order valence-corrected chi connectivity index (χ4v) is 2.53. The molecule has 17 heavy (non-hydrogen) atoms. The van der Waals surface area contributed by atoms with E-state index in [0.717, 1.165) is 0 Å². The first-order valence-corrected chi connectivity index (χ1v) is 6.99. The molecule has 0 aromatic heterocycles. The van der Waals surface area contributed by atoms with Gasteiger partial charge in [0.15, 0.2) is 0 Å². The second-order valence-corrected chi connectivity index (χ2v) is 5.31. The molecule has 3 nitrogen and oxygen atoms in total. The third-order valence-corrected chi connectivity index (χ3v) is 3.93. The highest BCUT2D eigenvalue weighted by atomic mass is 16.5. The number of carbonyl (C=O) groups is 1. The maximum Gasteiger partial charge on any atom is 0.309 e. The van der Waals surface area contributed by atoms with Crippen LogP contribution >= 0.6 is 0 Å². The summed E-state index contributed by atoms with van der Waals surface area (Å²) in [7, 11) is 1.46. The van der Waals surface area contributed by atoms with Crippen LogP contribution in [0.3, 0.4) is 0 Å². The minimum Gasteiger partial charge on any atom is -0.469 e. The summed E-state index contributed by atoms with van der Waals surface area (Å²) in [4.78, 5) is 11.5. The van der Waals surface area contributed by atoms with E-state index in [0.29, 0.717) is 6.04 Å². The second kappa shape index (κ2) is 7.70. The van der Waals surface area contributed by atoms with Crippen molar-refractivity contribution in [3.63, 3.8) is 0 Å². The highest BCUT2D eigenvalue weighted by Crippen LogP contribution is 2.18. The van der Waals surface area contributed by atoms with Crippen LogP contribution in [0, 0.1) is 5.92 Å². The molecule has 0 heterocycles. The van der Waals surface area contributed by atoms with Crippen LogP contribution in [0.2, 0.25) is 0 Å². The molecule has 0 spiro atoms. The quantitative estimate of drug-likeness (QED) is 0.769. The Bertz CT molecular complexity index is 222. The lowest BCUT2D eigenvalue weighted by atomic mass is 9.94. The largest absolute Gasteiger partial charge is 0.469 e. The predicted molar refractivity (Wildman–Crippen MR) is 69.9 cm³/mol. The molecule has 1 aliphatic rings. The van der Waals surface area contributed by atoms with Gasteiger partial charge >= 0.3 is 5.97 Å². The number of rotatable bonds is 4. The smallest absolute Gasteiger partial charge is 0.309 e. The van der Waals surface area contributed by atoms with E-state index < -0.39 is 0 Å². The second-order valence-electron chi connectivity index (χ2n) is 5.31. The lowest BCUT2D eigenvalue weighted by Crippen LogP contribution is -2.43. The van der Waals surface area contributed by atoms with Gasteiger partial charge in [-0.3, -0.25) is 4.79 Å². The van der Waals surface area contributed by atoms with Gasteiger partial charge in [0, 0.05) is 12.1 Å². The summed E-state index contributed by atoms with van der Waals surface area (Å²) in [6.45, 7) is 4.02. The van der Waals surface area contributed by atoms with Gasteiger partial charge < -0.3 is 10.1 Å². The Morgan fingerprint density at radius 1 is 1.12 bits per heavy atom. The number of hydrogen-bond donors (Lipinski definition) is 1. The van der Waals surface area contributed by atoms with Crippen LogP contribution in [-0.4, -0.2) is 25.2 Å². The summed E-state index contributed by atoms with van der Waals surface area (Å²) < 4.78 is 4.79. The molecule has 2 unspecified atom stereocenters. The van der Waals surface area contributed by atoms with E-state index in [1.807, 2.05) is 6.92 Å². The van der Waals surface area contributed by atoms with E-state index in [1.54, 1.807) is 0 Å². The number of nitrogens with one attached hydrogen (secondary N) is 1. The third-order valence-electron chi connectivity index (χ3n) is 3.93. The van der Waals surface area contributed by atoms with Crippen LogP contribution in [0.5, 0.6) is 0 Å². The zero-order valence-electron chi connectivity index (χ0n) is 11.5. The zero-order chi connectivity index (χ0) is 12.7. The molecule has 1 N–H and O–H groups in total. The molecule has 1 saturated carbocycles. The lowest BCUT2D eigenvalue weighted by Gasteiger charge is -2.27. The summed E-state index contributed by atoms with van der Waals surface area (Å²) in [5, 5.41) is 3.60. The SMILES string of the molecule is COC(=O)C(C)C(C)NC1CCCCCCC1. The van der Waals surface area contributed by atoms with E-state index >= 15 is 0 Å². The fraction of sp³-hybridized carbons (Fsp3) is 0.929. The first kappa shape index (κ1) is 14.5. The number of hydrogen-bond acceptors (Lipinski definition) is 3. The molecule has 1 aliphatic carbocycles. The molecule has 0 aromatic rings. The summed E-state index contributed by atoms with van der Waals surface area (Å²) in [5.41, 5.74) is 0. The van der Waals surface area contributed by atoms with Crippen LogP contribution < -0.4 is 5.32 Å². The zero-order valence-corrected chi connectivity index (χ0v) is 11.5. The van der Waals surface area contributed by atoms with Crippen molar-refractivity contribution in [2.24, 2.45) is 5.92 Å². The van der Waals surface area contributed by atoms with Crippen LogP contribution in [0.1, 0.15) is 58.8 Å². The summed E-state index contributed by atoms with van der Waals surface area (Å²) >= 11 is 0. The first-order chi connectivity index (χ1) is 8.15. The number of methoxy groups -OCH3 is 1. The third kappa shape index (κ3) is 5.07. The van der Waals surface area contributed by atoms with Gasteiger partial charge in [0.05, 0.1) is 13.0 Å². The molecular formula is C14H27NO2. The van der Waals surface area contributed by atoms with Crippen molar-refractivity contribution < 1.29 is 9.53 Å². The highest BCUT2D eigenvalue weighted by Gasteiger charge is 2.23. The van der Waals surface area contributed by atoms with E-state index in [4.69, 9.17) is 4.74 Å². The van der Waals surface area contributed by atoms with Crippen molar-refractivity contribution in [3.8, 4) is 0 Å². The minimum absolute atomic E-state index is 0.0644. The van der Waals surface area contributed by atoms with Crippen molar-refractivity contribution in [2.75, 3.05) is 7.11 Å². The lowest BCUT2D eigenvalue weighted by molar-refractivity contribution is -0.145. The maximum absolute atomic E-state index is 11.5. The molecule has 1 fully saturated rings. The molecule has 3 heteroatoms. The van der Waals surface area contributed by atoms with E-state index in [2.05, 4.69) is 12.2 Å². The van der Waals surface area contributed by atoms with Gasteiger partial charge in [0.1, 0.15) is 0 Å². The minimum atomic E-state index is -0.115. The average Bonchev–Trinajstić information content (AvgIpc) is 2.30. The fourth-order valence-electron chi connectivity index (χ4n) is 2.53. The monoisotopic (exact) mass is 241 g/mol. The van der Waals surface area contributed by atoms with Gasteiger partial charge in [-0.05, 0) is 19.8 Å². The Hall–Kier alpha value is -0.570. The van der Waals surface area contributed by atoms with Gasteiger partial charge in [-0.1, -0.05) is 39.0 Å². The van der Waals surface area contributed by atoms with Crippen molar-refractivity contribution in [1.29, 1.82) is 0 Å². The van der Waals surface area contributed by atoms with E-state index in [-0.39, 0.29) is 17.9 Å². The van der Waals surface area contributed by atoms with Gasteiger partial charge in [0.2, 0.25) is 0 Å². The Balaban J connectivity index is 2.37. The molecule has 0 bridgehead atoms. The molecule has 1 rings (SSSR count). The summed E-state index contributed by atoms with van der Waals surface area (Å²) in [6, 6.07) is 0.782. The average molecular weight is 241 g/mol. The molecule has 0 amide bonds. The van der Waals surface area contributed by atoms with Crippen molar-refractivity contribution in [3.05, 3.63) is 0 Å². The highest BCUT2D eigenvalue weighted by molar-refractivity contribution is 5.72. The maximum atomic E-state index is 11.5. The van der Waals surface area contributed by atoms with E-state index in [9.17, 15) is 4.79 Å². The van der Waals surface area contributed by atoms with Crippen molar-refractivity contribution in [1.82, 2.24) is 5.32 Å². The number of esters is 1. The first-order valence-electron chi connectivity index (χ1n) is 6.99. The van der Waals surface area contributed by atoms with Gasteiger partial charge in [-0.2, -0.15) is 0 Å². The van der Waals surface area contributed by atoms with Crippen molar-refractivity contribution in [2.45, 2.75) is 70.9 Å². The predicted octanol–water partition coefficient (Wildman–Crippen LogP) is 2.89. The Morgan fingerprint density at radius 2 is 1.65 bits per heavy atom. The number of ether oxygens (including phenoxy) is 1. The van der Waals surface area contributed by atoms with Crippen molar-refractivity contribution >= 4 is 5.97 Å². The van der Waals surface area contributed by atoms with Gasteiger partial charge in [0.25, 0.3) is 0 Å². The van der Waals surface area contributed by atoms with Gasteiger partial charge in [-0.15, -0.1) is 0 Å². The molecule has 0 aromatic carbocycles. The molecule has 2 atom stereocenters. The standard InChI is InChI=1S/C14H27NO2/c1-11(14(16)17-3)12(2)15-13-9-7-5-4-6-8-10-13/h11-13,15H,4-10H2,1-3H3. The normalized spacial score (nSPS) is 22.3. The summed E-state index contributed by atoms with van der Waals surface area (Å²) in [6.07, 6.45) is 9.24. The molecule has 0 radical (unpaired) electrons. The Labute approximate surface area is 105 Å². The molecule has 100 valence electrons. The van der Waals surface area contributed by atoms with Crippen LogP contribution in [0.25, 0.3) is 0 Å². The van der Waals surface area contributed by atoms with Crippen LogP contribution in [0.15, 0.2) is 0 Å². The molecule has 0 saturated heterocycles. The Morgan fingerprint density at radius 3 is 2.18 bits per heavy atom.